The van der Waals surface area contributed by atoms with Crippen molar-refractivity contribution in [3.63, 3.8) is 0 Å². The molecule has 2 saturated heterocycles. The molecular weight excluding hydrogens is 318 g/mol. The highest BCUT2D eigenvalue weighted by Crippen LogP contribution is 2.29. The molecule has 1 aromatic carbocycles. The summed E-state index contributed by atoms with van der Waals surface area (Å²) in [6.07, 6.45) is 2.49. The van der Waals surface area contributed by atoms with Crippen molar-refractivity contribution in [1.29, 1.82) is 0 Å². The average Bonchev–Trinajstić information content (AvgIpc) is 3.15. The molecule has 0 radical (unpaired) electrons. The molecule has 2 fully saturated rings. The molecule has 2 aliphatic rings. The predicted octanol–water partition coefficient (Wildman–Crippen LogP) is 0.633. The molecule has 4 rings (SSSR count). The molecule has 2 N–H and O–H groups in total. The fraction of sp³-hybridized carbons (Fsp3) is 0.400. The number of carbonyl (C=O) groups is 1. The van der Waals surface area contributed by atoms with Crippen LogP contribution in [0.25, 0.3) is 11.0 Å². The van der Waals surface area contributed by atoms with E-state index in [9.17, 15) is 13.2 Å². The molecule has 0 unspecified atom stereocenters. The Labute approximate surface area is 133 Å². The molecule has 2 aliphatic heterocycles. The zero-order chi connectivity index (χ0) is 16.1. The van der Waals surface area contributed by atoms with Gasteiger partial charge in [0.15, 0.2) is 0 Å². The Kier molecular flexibility index (Phi) is 3.22. The molecule has 2 aromatic rings. The Morgan fingerprint density at radius 3 is 2.65 bits per heavy atom. The average molecular weight is 335 g/mol. The molecule has 7 nitrogen and oxygen atoms in total. The van der Waals surface area contributed by atoms with Crippen LogP contribution in [0.2, 0.25) is 0 Å². The third-order valence-electron chi connectivity index (χ3n) is 4.75. The minimum absolute atomic E-state index is 0.0330. The van der Waals surface area contributed by atoms with Crippen LogP contribution < -0.4 is 10.6 Å². The lowest BCUT2D eigenvalue weighted by Crippen LogP contribution is -2.55. The van der Waals surface area contributed by atoms with E-state index in [0.717, 1.165) is 5.39 Å². The van der Waals surface area contributed by atoms with Gasteiger partial charge in [-0.05, 0) is 37.1 Å². The van der Waals surface area contributed by atoms with Gasteiger partial charge < -0.3 is 9.73 Å². The summed E-state index contributed by atoms with van der Waals surface area (Å²) in [5.41, 5.74) is 0.0499. The summed E-state index contributed by atoms with van der Waals surface area (Å²) in [4.78, 5) is 12.2. The van der Waals surface area contributed by atoms with E-state index in [1.165, 1.54) is 10.6 Å². The normalized spacial score (nSPS) is 21.8. The molecule has 0 saturated carbocycles. The number of rotatable bonds is 2. The third kappa shape index (κ3) is 2.25. The molecule has 122 valence electrons. The van der Waals surface area contributed by atoms with Crippen LogP contribution in [0.3, 0.4) is 0 Å². The number of hydrogen-bond donors (Lipinski definition) is 2. The lowest BCUT2D eigenvalue weighted by Gasteiger charge is -2.36. The fourth-order valence-corrected chi connectivity index (χ4v) is 4.79. The van der Waals surface area contributed by atoms with E-state index in [1.54, 1.807) is 24.3 Å². The number of nitrogens with zero attached hydrogens (tertiary/aromatic N) is 1. The smallest absolute Gasteiger partial charge is 0.243 e. The quantitative estimate of drug-likeness (QED) is 0.840. The van der Waals surface area contributed by atoms with Crippen molar-refractivity contribution in [3.05, 3.63) is 30.5 Å². The maximum Gasteiger partial charge on any atom is 0.243 e. The van der Waals surface area contributed by atoms with Gasteiger partial charge in [0.1, 0.15) is 11.1 Å². The van der Waals surface area contributed by atoms with Crippen LogP contribution in [0.5, 0.6) is 0 Å². The van der Waals surface area contributed by atoms with Gasteiger partial charge in [0.05, 0.1) is 17.8 Å². The van der Waals surface area contributed by atoms with Gasteiger partial charge in [0.25, 0.3) is 0 Å². The van der Waals surface area contributed by atoms with Crippen LogP contribution in [-0.4, -0.2) is 43.9 Å². The highest BCUT2D eigenvalue weighted by Gasteiger charge is 2.46. The highest BCUT2D eigenvalue weighted by atomic mass is 32.2. The molecule has 1 aromatic heterocycles. The second kappa shape index (κ2) is 5.05. The van der Waals surface area contributed by atoms with Crippen LogP contribution in [-0.2, 0) is 14.8 Å². The number of furan rings is 1. The SMILES string of the molecule is O=C1NCNC12CCN(S(=O)(=O)c1ccc3occc3c1)CC2. The van der Waals surface area contributed by atoms with E-state index in [4.69, 9.17) is 4.42 Å². The summed E-state index contributed by atoms with van der Waals surface area (Å²) in [7, 11) is -3.56. The van der Waals surface area contributed by atoms with Crippen LogP contribution in [0.4, 0.5) is 0 Å². The lowest BCUT2D eigenvalue weighted by atomic mass is 9.89. The van der Waals surface area contributed by atoms with E-state index in [1.807, 2.05) is 0 Å². The molecule has 0 aliphatic carbocycles. The first-order chi connectivity index (χ1) is 11.0. The van der Waals surface area contributed by atoms with Gasteiger partial charge in [-0.3, -0.25) is 10.1 Å². The molecule has 1 amide bonds. The van der Waals surface area contributed by atoms with Crippen molar-refractivity contribution < 1.29 is 17.6 Å². The predicted molar refractivity (Wildman–Crippen MR) is 83.1 cm³/mol. The molecule has 0 atom stereocenters. The maximum atomic E-state index is 12.8. The van der Waals surface area contributed by atoms with E-state index < -0.39 is 15.6 Å². The number of piperidine rings is 1. The number of nitrogens with one attached hydrogen (secondary N) is 2. The molecule has 0 bridgehead atoms. The van der Waals surface area contributed by atoms with Crippen LogP contribution in [0, 0.1) is 0 Å². The van der Waals surface area contributed by atoms with Gasteiger partial charge >= 0.3 is 0 Å². The molecule has 23 heavy (non-hydrogen) atoms. The third-order valence-corrected chi connectivity index (χ3v) is 6.64. The van der Waals surface area contributed by atoms with Crippen LogP contribution in [0.15, 0.2) is 39.8 Å². The number of hydrogen-bond acceptors (Lipinski definition) is 5. The van der Waals surface area contributed by atoms with Crippen LogP contribution in [0.1, 0.15) is 12.8 Å². The Morgan fingerprint density at radius 2 is 1.96 bits per heavy atom. The summed E-state index contributed by atoms with van der Waals surface area (Å²) in [6.45, 7) is 1.10. The topological polar surface area (TPSA) is 91.7 Å². The van der Waals surface area contributed by atoms with Gasteiger partial charge in [0, 0.05) is 18.5 Å². The zero-order valence-electron chi connectivity index (χ0n) is 12.4. The van der Waals surface area contributed by atoms with Crippen molar-refractivity contribution in [2.75, 3.05) is 19.8 Å². The Hall–Kier alpha value is -1.90. The van der Waals surface area contributed by atoms with Crippen molar-refractivity contribution in [1.82, 2.24) is 14.9 Å². The number of fused-ring (bicyclic) bond motifs is 1. The van der Waals surface area contributed by atoms with Gasteiger partial charge in [-0.1, -0.05) is 0 Å². The summed E-state index contributed by atoms with van der Waals surface area (Å²) < 4.78 is 32.3. The van der Waals surface area contributed by atoms with Crippen molar-refractivity contribution in [2.45, 2.75) is 23.3 Å². The number of carbonyl (C=O) groups excluding carboxylic acids is 1. The second-order valence-corrected chi connectivity index (χ2v) is 7.90. The molecule has 3 heterocycles. The van der Waals surface area contributed by atoms with E-state index in [0.29, 0.717) is 38.2 Å². The molecule has 8 heteroatoms. The minimum atomic E-state index is -3.56. The van der Waals surface area contributed by atoms with Gasteiger partial charge in [0.2, 0.25) is 15.9 Å². The summed E-state index contributed by atoms with van der Waals surface area (Å²) >= 11 is 0. The largest absolute Gasteiger partial charge is 0.464 e. The minimum Gasteiger partial charge on any atom is -0.464 e. The fourth-order valence-electron chi connectivity index (χ4n) is 3.31. The Bertz CT molecular complexity index is 866. The summed E-state index contributed by atoms with van der Waals surface area (Å²) in [5, 5.41) is 6.67. The maximum absolute atomic E-state index is 12.8. The second-order valence-electron chi connectivity index (χ2n) is 5.97. The summed E-state index contributed by atoms with van der Waals surface area (Å²) in [6, 6.07) is 6.59. The molecular formula is C15H17N3O4S. The first-order valence-corrected chi connectivity index (χ1v) is 8.96. The van der Waals surface area contributed by atoms with Crippen molar-refractivity contribution >= 4 is 26.9 Å². The number of sulfonamides is 1. The summed E-state index contributed by atoms with van der Waals surface area (Å²) in [5.74, 6) is -0.0330. The van der Waals surface area contributed by atoms with Gasteiger partial charge in [-0.2, -0.15) is 4.31 Å². The van der Waals surface area contributed by atoms with E-state index >= 15 is 0 Å². The highest BCUT2D eigenvalue weighted by molar-refractivity contribution is 7.89. The lowest BCUT2D eigenvalue weighted by molar-refractivity contribution is -0.125. The first-order valence-electron chi connectivity index (χ1n) is 7.52. The molecule has 1 spiro atoms. The van der Waals surface area contributed by atoms with Gasteiger partial charge in [-0.15, -0.1) is 0 Å². The van der Waals surface area contributed by atoms with E-state index in [-0.39, 0.29) is 10.8 Å². The van der Waals surface area contributed by atoms with Crippen molar-refractivity contribution in [2.24, 2.45) is 0 Å². The zero-order valence-corrected chi connectivity index (χ0v) is 13.2. The van der Waals surface area contributed by atoms with Crippen molar-refractivity contribution in [3.8, 4) is 0 Å². The van der Waals surface area contributed by atoms with Gasteiger partial charge in [-0.25, -0.2) is 8.42 Å². The Morgan fingerprint density at radius 1 is 1.17 bits per heavy atom. The first kappa shape index (κ1) is 14.7. The monoisotopic (exact) mass is 335 g/mol. The standard InChI is InChI=1S/C15H17N3O4S/c19-14-15(17-10-16-14)4-6-18(7-5-15)23(20,21)12-1-2-13-11(9-12)3-8-22-13/h1-3,8-9,17H,4-7,10H2,(H,16,19). The van der Waals surface area contributed by atoms with E-state index in [2.05, 4.69) is 10.6 Å². The number of benzene rings is 1. The Balaban J connectivity index is 1.58. The number of amides is 1. The van der Waals surface area contributed by atoms with Crippen LogP contribution >= 0.6 is 0 Å².